The molecule has 0 aromatic heterocycles. The lowest BCUT2D eigenvalue weighted by Crippen LogP contribution is -2.36. The van der Waals surface area contributed by atoms with E-state index in [9.17, 15) is 13.2 Å². The molecule has 0 radical (unpaired) electrons. The van der Waals surface area contributed by atoms with Crippen molar-refractivity contribution >= 4 is 21.6 Å². The fraction of sp³-hybridized carbons (Fsp3) is 0.462. The zero-order valence-corrected chi connectivity index (χ0v) is 12.2. The fourth-order valence-corrected chi connectivity index (χ4v) is 3.23. The molecule has 0 bridgehead atoms. The molecule has 1 atom stereocenters. The molecule has 1 aromatic carbocycles. The van der Waals surface area contributed by atoms with Crippen LogP contribution in [0.2, 0.25) is 0 Å². The largest absolute Gasteiger partial charge is 0.385 e. The van der Waals surface area contributed by atoms with Gasteiger partial charge in [-0.1, -0.05) is 6.92 Å². The van der Waals surface area contributed by atoms with E-state index in [2.05, 4.69) is 22.3 Å². The van der Waals surface area contributed by atoms with Gasteiger partial charge in [-0.05, 0) is 30.7 Å². The van der Waals surface area contributed by atoms with E-state index in [1.54, 1.807) is 24.3 Å². The zero-order valence-electron chi connectivity index (χ0n) is 11.3. The molecule has 3 N–H and O–H groups in total. The maximum absolute atomic E-state index is 12.1. The van der Waals surface area contributed by atoms with Gasteiger partial charge in [-0.25, -0.2) is 13.1 Å². The van der Waals surface area contributed by atoms with E-state index in [4.69, 9.17) is 0 Å². The van der Waals surface area contributed by atoms with Gasteiger partial charge in [0, 0.05) is 31.2 Å². The summed E-state index contributed by atoms with van der Waals surface area (Å²) in [6.07, 6.45) is 1.19. The van der Waals surface area contributed by atoms with Crippen molar-refractivity contribution < 1.29 is 13.2 Å². The second-order valence-corrected chi connectivity index (χ2v) is 6.49. The normalized spacial score (nSPS) is 18.9. The number of benzene rings is 1. The summed E-state index contributed by atoms with van der Waals surface area (Å²) in [6.45, 7) is 3.25. The Balaban J connectivity index is 2.03. The van der Waals surface area contributed by atoms with Crippen LogP contribution in [0.5, 0.6) is 0 Å². The van der Waals surface area contributed by atoms with E-state index in [1.165, 1.54) is 0 Å². The topological polar surface area (TPSA) is 87.3 Å². The minimum atomic E-state index is -3.57. The lowest BCUT2D eigenvalue weighted by atomic mass is 10.3. The number of hydrogen-bond donors (Lipinski definition) is 3. The van der Waals surface area contributed by atoms with Gasteiger partial charge in [0.15, 0.2) is 0 Å². The van der Waals surface area contributed by atoms with Gasteiger partial charge in [0.2, 0.25) is 15.9 Å². The van der Waals surface area contributed by atoms with Gasteiger partial charge >= 0.3 is 0 Å². The van der Waals surface area contributed by atoms with Crippen LogP contribution in [-0.2, 0) is 14.8 Å². The van der Waals surface area contributed by atoms with E-state index in [0.717, 1.165) is 18.7 Å². The maximum Gasteiger partial charge on any atom is 0.240 e. The molecule has 1 saturated heterocycles. The summed E-state index contributed by atoms with van der Waals surface area (Å²) in [5.41, 5.74) is 0.892. The third kappa shape index (κ3) is 3.71. The molecule has 1 unspecified atom stereocenters. The zero-order chi connectivity index (χ0) is 14.6. The number of hydrogen-bond acceptors (Lipinski definition) is 4. The number of anilines is 1. The van der Waals surface area contributed by atoms with Gasteiger partial charge in [-0.2, -0.15) is 0 Å². The molecule has 1 fully saturated rings. The molecular weight excluding hydrogens is 278 g/mol. The van der Waals surface area contributed by atoms with Crippen LogP contribution in [0.3, 0.4) is 0 Å². The molecule has 1 amide bonds. The van der Waals surface area contributed by atoms with Gasteiger partial charge in [0.1, 0.15) is 0 Å². The van der Waals surface area contributed by atoms with E-state index in [0.29, 0.717) is 6.54 Å². The van der Waals surface area contributed by atoms with Gasteiger partial charge in [-0.15, -0.1) is 0 Å². The predicted molar refractivity (Wildman–Crippen MR) is 77.0 cm³/mol. The smallest absolute Gasteiger partial charge is 0.240 e. The van der Waals surface area contributed by atoms with Gasteiger partial charge in [0.05, 0.1) is 4.90 Å². The summed E-state index contributed by atoms with van der Waals surface area (Å²) in [6, 6.07) is 6.23. The SMILES string of the molecule is CCCNc1ccc(S(=O)(=O)NC2CNC(=O)C2)cc1. The number of rotatable bonds is 6. The summed E-state index contributed by atoms with van der Waals surface area (Å²) in [7, 11) is -3.57. The van der Waals surface area contributed by atoms with Crippen molar-refractivity contribution in [2.45, 2.75) is 30.7 Å². The molecule has 0 aliphatic carbocycles. The molecule has 1 heterocycles. The first-order chi connectivity index (χ1) is 9.51. The second-order valence-electron chi connectivity index (χ2n) is 4.78. The van der Waals surface area contributed by atoms with Crippen molar-refractivity contribution in [3.8, 4) is 0 Å². The van der Waals surface area contributed by atoms with Crippen molar-refractivity contribution in [2.24, 2.45) is 0 Å². The van der Waals surface area contributed by atoms with Gasteiger partial charge in [0.25, 0.3) is 0 Å². The highest BCUT2D eigenvalue weighted by atomic mass is 32.2. The molecule has 2 rings (SSSR count). The molecular formula is C13H19N3O3S. The average Bonchev–Trinajstić information content (AvgIpc) is 2.81. The Morgan fingerprint density at radius 2 is 2.00 bits per heavy atom. The molecule has 6 nitrogen and oxygen atoms in total. The van der Waals surface area contributed by atoms with Crippen LogP contribution in [-0.4, -0.2) is 33.5 Å². The van der Waals surface area contributed by atoms with Gasteiger partial charge < -0.3 is 10.6 Å². The molecule has 7 heteroatoms. The summed E-state index contributed by atoms with van der Waals surface area (Å²) in [5.74, 6) is -0.128. The van der Waals surface area contributed by atoms with Crippen molar-refractivity contribution in [3.63, 3.8) is 0 Å². The van der Waals surface area contributed by atoms with Crippen molar-refractivity contribution in [1.82, 2.24) is 10.0 Å². The Kier molecular flexibility index (Phi) is 4.61. The van der Waals surface area contributed by atoms with E-state index in [-0.39, 0.29) is 23.3 Å². The first-order valence-electron chi connectivity index (χ1n) is 6.64. The van der Waals surface area contributed by atoms with Crippen LogP contribution in [0, 0.1) is 0 Å². The molecule has 1 aliphatic heterocycles. The highest BCUT2D eigenvalue weighted by molar-refractivity contribution is 7.89. The fourth-order valence-electron chi connectivity index (χ4n) is 2.00. The van der Waals surface area contributed by atoms with E-state index >= 15 is 0 Å². The molecule has 110 valence electrons. The summed E-state index contributed by atoms with van der Waals surface area (Å²) in [4.78, 5) is 11.3. The number of amides is 1. The van der Waals surface area contributed by atoms with Crippen molar-refractivity contribution in [2.75, 3.05) is 18.4 Å². The summed E-state index contributed by atoms with van der Waals surface area (Å²) < 4.78 is 26.8. The first kappa shape index (κ1) is 14.8. The highest BCUT2D eigenvalue weighted by Crippen LogP contribution is 2.15. The molecule has 1 aliphatic rings. The Morgan fingerprint density at radius 1 is 1.30 bits per heavy atom. The van der Waals surface area contributed by atoms with E-state index < -0.39 is 10.0 Å². The van der Waals surface area contributed by atoms with Crippen LogP contribution in [0.4, 0.5) is 5.69 Å². The summed E-state index contributed by atoms with van der Waals surface area (Å²) >= 11 is 0. The lowest BCUT2D eigenvalue weighted by molar-refractivity contribution is -0.119. The minimum absolute atomic E-state index is 0.128. The predicted octanol–water partition coefficient (Wildman–Crippen LogP) is 0.675. The third-order valence-electron chi connectivity index (χ3n) is 3.04. The van der Waals surface area contributed by atoms with Crippen LogP contribution in [0.1, 0.15) is 19.8 Å². The van der Waals surface area contributed by atoms with Crippen LogP contribution >= 0.6 is 0 Å². The van der Waals surface area contributed by atoms with E-state index in [1.807, 2.05) is 0 Å². The quantitative estimate of drug-likeness (QED) is 0.720. The minimum Gasteiger partial charge on any atom is -0.385 e. The van der Waals surface area contributed by atoms with Crippen LogP contribution < -0.4 is 15.4 Å². The summed E-state index contributed by atoms with van der Waals surface area (Å²) in [5, 5.41) is 5.78. The highest BCUT2D eigenvalue weighted by Gasteiger charge is 2.26. The third-order valence-corrected chi connectivity index (χ3v) is 4.58. The standard InChI is InChI=1S/C13H19N3O3S/c1-2-7-14-10-3-5-12(6-4-10)20(18,19)16-11-8-13(17)15-9-11/h3-6,11,14,16H,2,7-9H2,1H3,(H,15,17). The Hall–Kier alpha value is -1.60. The molecule has 20 heavy (non-hydrogen) atoms. The number of nitrogens with one attached hydrogen (secondary N) is 3. The Morgan fingerprint density at radius 3 is 2.55 bits per heavy atom. The van der Waals surface area contributed by atoms with Crippen molar-refractivity contribution in [3.05, 3.63) is 24.3 Å². The average molecular weight is 297 g/mol. The van der Waals surface area contributed by atoms with Crippen LogP contribution in [0.15, 0.2) is 29.2 Å². The Bertz CT molecular complexity index is 569. The second kappa shape index (κ2) is 6.23. The maximum atomic E-state index is 12.1. The lowest BCUT2D eigenvalue weighted by Gasteiger charge is -2.12. The number of carbonyl (C=O) groups is 1. The van der Waals surface area contributed by atoms with Crippen molar-refractivity contribution in [1.29, 1.82) is 0 Å². The Labute approximate surface area is 119 Å². The number of sulfonamides is 1. The number of carbonyl (C=O) groups excluding carboxylic acids is 1. The monoisotopic (exact) mass is 297 g/mol. The van der Waals surface area contributed by atoms with Gasteiger partial charge in [-0.3, -0.25) is 4.79 Å². The first-order valence-corrected chi connectivity index (χ1v) is 8.12. The van der Waals surface area contributed by atoms with Crippen LogP contribution in [0.25, 0.3) is 0 Å². The molecule has 1 aromatic rings. The molecule has 0 spiro atoms. The molecule has 0 saturated carbocycles.